The van der Waals surface area contributed by atoms with E-state index in [1.54, 1.807) is 24.3 Å². The number of sulfonamides is 1. The number of hydrogen-bond acceptors (Lipinski definition) is 5. The third-order valence-corrected chi connectivity index (χ3v) is 7.41. The van der Waals surface area contributed by atoms with Crippen LogP contribution < -0.4 is 5.32 Å². The zero-order valence-corrected chi connectivity index (χ0v) is 19.0. The Kier molecular flexibility index (Phi) is 6.86. The lowest BCUT2D eigenvalue weighted by Crippen LogP contribution is -2.35. The number of hydrogen-bond donors (Lipinski definition) is 2. The molecule has 0 atom stereocenters. The average Bonchev–Trinajstić information content (AvgIpc) is 3.32. The van der Waals surface area contributed by atoms with E-state index in [0.29, 0.717) is 29.9 Å². The van der Waals surface area contributed by atoms with E-state index in [1.165, 1.54) is 40.8 Å². The lowest BCUT2D eigenvalue weighted by atomic mass is 10.1. The summed E-state index contributed by atoms with van der Waals surface area (Å²) in [5.74, 6) is -1.08. The normalized spacial score (nSPS) is 15.0. The predicted octanol–water partition coefficient (Wildman–Crippen LogP) is 3.94. The number of nitriles is 1. The largest absolute Gasteiger partial charge is 0.321 e. The van der Waals surface area contributed by atoms with E-state index < -0.39 is 15.9 Å². The Morgan fingerprint density at radius 3 is 2.59 bits per heavy atom. The summed E-state index contributed by atoms with van der Waals surface area (Å²) in [6.45, 7) is 0.947. The Hall–Kier alpha value is -3.81. The van der Waals surface area contributed by atoms with Crippen molar-refractivity contribution in [2.45, 2.75) is 24.2 Å². The maximum absolute atomic E-state index is 13.2. The summed E-state index contributed by atoms with van der Waals surface area (Å²) in [6.07, 6.45) is 5.46. The SMILES string of the molecule is N#C/C(=C/c1cn[nH]c1-c1ccc(F)cc1)C(=O)Nc1cccc(S(=O)(=O)N2CCCCC2)c1. The lowest BCUT2D eigenvalue weighted by Gasteiger charge is -2.26. The van der Waals surface area contributed by atoms with E-state index >= 15 is 0 Å². The van der Waals surface area contributed by atoms with Crippen molar-refractivity contribution in [2.24, 2.45) is 0 Å². The second-order valence-corrected chi connectivity index (χ2v) is 9.76. The molecule has 10 heteroatoms. The summed E-state index contributed by atoms with van der Waals surface area (Å²) in [6, 6.07) is 13.6. The second kappa shape index (κ2) is 9.99. The van der Waals surface area contributed by atoms with Crippen molar-refractivity contribution in [1.82, 2.24) is 14.5 Å². The van der Waals surface area contributed by atoms with Crippen LogP contribution in [0.25, 0.3) is 17.3 Å². The molecule has 1 aromatic heterocycles. The van der Waals surface area contributed by atoms with Crippen molar-refractivity contribution in [1.29, 1.82) is 5.26 Å². The van der Waals surface area contributed by atoms with Crippen LogP contribution in [0.3, 0.4) is 0 Å². The van der Waals surface area contributed by atoms with Gasteiger partial charge in [0.15, 0.2) is 0 Å². The number of piperidine rings is 1. The fourth-order valence-corrected chi connectivity index (χ4v) is 5.31. The summed E-state index contributed by atoms with van der Waals surface area (Å²) in [5.41, 5.74) is 1.69. The van der Waals surface area contributed by atoms with Crippen LogP contribution in [-0.2, 0) is 14.8 Å². The van der Waals surface area contributed by atoms with Gasteiger partial charge in [-0.15, -0.1) is 0 Å². The number of aromatic amines is 1. The topological polar surface area (TPSA) is 119 Å². The van der Waals surface area contributed by atoms with Gasteiger partial charge in [0, 0.05) is 29.9 Å². The smallest absolute Gasteiger partial charge is 0.266 e. The molecule has 2 aromatic carbocycles. The first kappa shape index (κ1) is 23.4. The number of halogens is 1. The molecule has 0 unspecified atom stereocenters. The van der Waals surface area contributed by atoms with Crippen LogP contribution in [0.1, 0.15) is 24.8 Å². The molecule has 0 spiro atoms. The molecule has 1 saturated heterocycles. The van der Waals surface area contributed by atoms with E-state index in [1.807, 2.05) is 6.07 Å². The molecule has 3 aromatic rings. The highest BCUT2D eigenvalue weighted by Gasteiger charge is 2.26. The van der Waals surface area contributed by atoms with Crippen LogP contribution in [0, 0.1) is 17.1 Å². The Bertz CT molecular complexity index is 1370. The Morgan fingerprint density at radius 2 is 1.88 bits per heavy atom. The zero-order valence-electron chi connectivity index (χ0n) is 18.2. The van der Waals surface area contributed by atoms with E-state index in [4.69, 9.17) is 0 Å². The monoisotopic (exact) mass is 479 g/mol. The van der Waals surface area contributed by atoms with Gasteiger partial charge in [-0.2, -0.15) is 14.7 Å². The summed E-state index contributed by atoms with van der Waals surface area (Å²) in [5, 5.41) is 18.9. The van der Waals surface area contributed by atoms with Gasteiger partial charge in [0.1, 0.15) is 17.5 Å². The number of aromatic nitrogens is 2. The number of carbonyl (C=O) groups is 1. The third kappa shape index (κ3) is 5.06. The van der Waals surface area contributed by atoms with E-state index in [-0.39, 0.29) is 22.0 Å². The zero-order chi connectivity index (χ0) is 24.1. The molecule has 0 radical (unpaired) electrons. The van der Waals surface area contributed by atoms with Gasteiger partial charge in [0.05, 0.1) is 16.8 Å². The predicted molar refractivity (Wildman–Crippen MR) is 125 cm³/mol. The maximum atomic E-state index is 13.2. The molecule has 0 saturated carbocycles. The van der Waals surface area contributed by atoms with Crippen LogP contribution in [0.5, 0.6) is 0 Å². The molecule has 1 aliphatic rings. The number of H-pyrrole nitrogens is 1. The summed E-state index contributed by atoms with van der Waals surface area (Å²) >= 11 is 0. The summed E-state index contributed by atoms with van der Waals surface area (Å²) < 4.78 is 40.6. The van der Waals surface area contributed by atoms with Gasteiger partial charge in [-0.25, -0.2) is 12.8 Å². The lowest BCUT2D eigenvalue weighted by molar-refractivity contribution is -0.112. The standard InChI is InChI=1S/C24H22FN5O3S/c25-20-9-7-17(8-10-20)23-19(16-27-29-23)13-18(15-26)24(31)28-21-5-4-6-22(14-21)34(32,33)30-11-2-1-3-12-30/h4-10,13-14,16H,1-3,11-12H2,(H,27,29)(H,28,31)/b18-13-. The third-order valence-electron chi connectivity index (χ3n) is 5.51. The summed E-state index contributed by atoms with van der Waals surface area (Å²) in [4.78, 5) is 12.9. The van der Waals surface area contributed by atoms with Crippen LogP contribution >= 0.6 is 0 Å². The van der Waals surface area contributed by atoms with Gasteiger partial charge in [-0.3, -0.25) is 9.89 Å². The molecule has 174 valence electrons. The van der Waals surface area contributed by atoms with E-state index in [0.717, 1.165) is 19.3 Å². The van der Waals surface area contributed by atoms with Crippen molar-refractivity contribution < 1.29 is 17.6 Å². The Balaban J connectivity index is 1.55. The number of carbonyl (C=O) groups excluding carboxylic acids is 1. The molecule has 2 heterocycles. The van der Waals surface area contributed by atoms with Crippen LogP contribution in [0.4, 0.5) is 10.1 Å². The molecular formula is C24H22FN5O3S. The fraction of sp³-hybridized carbons (Fsp3) is 0.208. The molecular weight excluding hydrogens is 457 g/mol. The van der Waals surface area contributed by atoms with Gasteiger partial charge in [-0.05, 0) is 61.4 Å². The molecule has 1 aliphatic heterocycles. The van der Waals surface area contributed by atoms with Crippen molar-refractivity contribution in [3.63, 3.8) is 0 Å². The van der Waals surface area contributed by atoms with E-state index in [2.05, 4.69) is 15.5 Å². The average molecular weight is 480 g/mol. The minimum atomic E-state index is -3.66. The molecule has 0 aliphatic carbocycles. The van der Waals surface area contributed by atoms with Crippen molar-refractivity contribution >= 4 is 27.7 Å². The molecule has 34 heavy (non-hydrogen) atoms. The highest BCUT2D eigenvalue weighted by molar-refractivity contribution is 7.89. The first-order chi connectivity index (χ1) is 16.4. The maximum Gasteiger partial charge on any atom is 0.266 e. The van der Waals surface area contributed by atoms with Crippen LogP contribution in [0.15, 0.2) is 65.2 Å². The number of nitrogens with zero attached hydrogens (tertiary/aromatic N) is 3. The van der Waals surface area contributed by atoms with Crippen molar-refractivity contribution in [3.05, 3.63) is 71.7 Å². The molecule has 0 bridgehead atoms. The number of anilines is 1. The second-order valence-electron chi connectivity index (χ2n) is 7.82. The van der Waals surface area contributed by atoms with Crippen LogP contribution in [-0.4, -0.2) is 41.9 Å². The minimum absolute atomic E-state index is 0.0862. The molecule has 4 rings (SSSR count). The number of benzene rings is 2. The quantitative estimate of drug-likeness (QED) is 0.410. The molecule has 8 nitrogen and oxygen atoms in total. The van der Waals surface area contributed by atoms with Crippen molar-refractivity contribution in [2.75, 3.05) is 18.4 Å². The van der Waals surface area contributed by atoms with Crippen LogP contribution in [0.2, 0.25) is 0 Å². The van der Waals surface area contributed by atoms with Gasteiger partial charge in [0.2, 0.25) is 10.0 Å². The Labute approximate surface area is 196 Å². The highest BCUT2D eigenvalue weighted by Crippen LogP contribution is 2.25. The van der Waals surface area contributed by atoms with Gasteiger partial charge >= 0.3 is 0 Å². The van der Waals surface area contributed by atoms with Gasteiger partial charge < -0.3 is 5.32 Å². The first-order valence-corrected chi connectivity index (χ1v) is 12.1. The van der Waals surface area contributed by atoms with Gasteiger partial charge in [-0.1, -0.05) is 12.5 Å². The molecule has 1 amide bonds. The van der Waals surface area contributed by atoms with E-state index in [9.17, 15) is 22.9 Å². The summed E-state index contributed by atoms with van der Waals surface area (Å²) in [7, 11) is -3.66. The molecule has 1 fully saturated rings. The fourth-order valence-electron chi connectivity index (χ4n) is 3.74. The minimum Gasteiger partial charge on any atom is -0.321 e. The highest BCUT2D eigenvalue weighted by atomic mass is 32.2. The number of nitrogens with one attached hydrogen (secondary N) is 2. The molecule has 2 N–H and O–H groups in total. The number of amides is 1. The number of rotatable bonds is 6. The first-order valence-electron chi connectivity index (χ1n) is 10.7. The Morgan fingerprint density at radius 1 is 1.15 bits per heavy atom. The van der Waals surface area contributed by atoms with Crippen molar-refractivity contribution in [3.8, 4) is 17.3 Å². The van der Waals surface area contributed by atoms with Gasteiger partial charge in [0.25, 0.3) is 5.91 Å².